The second-order valence-corrected chi connectivity index (χ2v) is 17.8. The number of nitrogens with zero attached hydrogens (tertiary/aromatic N) is 1. The predicted molar refractivity (Wildman–Crippen MR) is 225 cm³/mol. The zero-order chi connectivity index (χ0) is 41.8. The van der Waals surface area contributed by atoms with Gasteiger partial charge >= 0.3 is 11.9 Å². The van der Waals surface area contributed by atoms with Crippen LogP contribution in [0.1, 0.15) is 181 Å². The maximum absolute atomic E-state index is 12.7. The van der Waals surface area contributed by atoms with Crippen molar-refractivity contribution in [2.45, 2.75) is 199 Å². The number of esters is 2. The van der Waals surface area contributed by atoms with Gasteiger partial charge < -0.3 is 38.1 Å². The van der Waals surface area contributed by atoms with Crippen LogP contribution in [0.2, 0.25) is 0 Å². The maximum atomic E-state index is 12.7. The molecule has 0 aromatic carbocycles. The molecule has 0 aliphatic rings. The van der Waals surface area contributed by atoms with Gasteiger partial charge in [-0.05, 0) is 64.2 Å². The summed E-state index contributed by atoms with van der Waals surface area (Å²) in [5, 5.41) is 20.1. The van der Waals surface area contributed by atoms with Crippen molar-refractivity contribution in [3.05, 3.63) is 24.3 Å². The number of likely N-dealkylation sites (N-methyl/N-ethyl adjacent to an activating group) is 1. The van der Waals surface area contributed by atoms with Crippen LogP contribution in [0.3, 0.4) is 0 Å². The Labute approximate surface area is 342 Å². The molecule has 12 heteroatoms. The number of quaternary nitrogens is 1. The fourth-order valence-corrected chi connectivity index (χ4v) is 6.69. The number of aliphatic hydroxyl groups excluding tert-OH is 2. The van der Waals surface area contributed by atoms with E-state index in [0.29, 0.717) is 36.7 Å². The molecule has 0 rings (SSSR count). The molecule has 4 unspecified atom stereocenters. The zero-order valence-electron chi connectivity index (χ0n) is 36.3. The first kappa shape index (κ1) is 54.4. The molecule has 0 bridgehead atoms. The standard InChI is InChI=1S/C44H84NO10P/c1-6-8-10-11-12-13-14-15-16-17-18-19-23-26-30-34-43(48)52-38-40(39-54-56(50,51)53-37-36-45(3,4)5)55-44(49)35-31-27-24-21-20-22-25-29-33-42(47)41(46)32-28-9-7-2/h15-16,25,29,40-42,46-47H,6-14,17-24,26-28,30-39H2,1-5H3/b16-15-,29-25-. The fourth-order valence-electron chi connectivity index (χ4n) is 5.97. The Morgan fingerprint density at radius 2 is 1.11 bits per heavy atom. The average Bonchev–Trinajstić information content (AvgIpc) is 3.14. The van der Waals surface area contributed by atoms with Crippen LogP contribution in [-0.4, -0.2) is 92.5 Å². The SMILES string of the molecule is CCCCCCCC/C=C\CCCCCCCC(=O)OCC(COP(=O)([O-])OCC[N+](C)(C)C)OC(=O)CCCCCCC/C=C\CC(O)C(O)CCCCC. The smallest absolute Gasteiger partial charge is 0.306 e. The molecule has 0 aromatic heterocycles. The molecule has 0 fully saturated rings. The normalized spacial score (nSPS) is 14.9. The van der Waals surface area contributed by atoms with Crippen LogP contribution in [0.4, 0.5) is 0 Å². The third kappa shape index (κ3) is 38.0. The van der Waals surface area contributed by atoms with Gasteiger partial charge in [0.1, 0.15) is 19.8 Å². The molecule has 0 aliphatic carbocycles. The summed E-state index contributed by atoms with van der Waals surface area (Å²) in [4.78, 5) is 37.5. The topological polar surface area (TPSA) is 152 Å². The Bertz CT molecular complexity index is 1050. The van der Waals surface area contributed by atoms with Crippen molar-refractivity contribution in [3.63, 3.8) is 0 Å². The molecule has 0 heterocycles. The number of phosphoric acid groups is 1. The summed E-state index contributed by atoms with van der Waals surface area (Å²) < 4.78 is 33.8. The van der Waals surface area contributed by atoms with Crippen LogP contribution >= 0.6 is 7.82 Å². The van der Waals surface area contributed by atoms with Crippen molar-refractivity contribution >= 4 is 19.8 Å². The van der Waals surface area contributed by atoms with E-state index in [-0.39, 0.29) is 26.1 Å². The molecule has 0 aromatic rings. The van der Waals surface area contributed by atoms with Gasteiger partial charge in [-0.15, -0.1) is 0 Å². The molecule has 56 heavy (non-hydrogen) atoms. The molecule has 0 radical (unpaired) electrons. The minimum absolute atomic E-state index is 0.0532. The Morgan fingerprint density at radius 1 is 0.625 bits per heavy atom. The first-order valence-electron chi connectivity index (χ1n) is 22.2. The van der Waals surface area contributed by atoms with E-state index in [2.05, 4.69) is 26.0 Å². The molecular formula is C44H84NO10P. The molecule has 2 N–H and O–H groups in total. The van der Waals surface area contributed by atoms with Gasteiger partial charge in [-0.1, -0.05) is 128 Å². The highest BCUT2D eigenvalue weighted by atomic mass is 31.2. The van der Waals surface area contributed by atoms with Gasteiger partial charge in [0.05, 0.1) is 40.0 Å². The van der Waals surface area contributed by atoms with E-state index in [4.69, 9.17) is 18.5 Å². The van der Waals surface area contributed by atoms with Crippen molar-refractivity contribution in [1.29, 1.82) is 0 Å². The second kappa shape index (κ2) is 36.5. The van der Waals surface area contributed by atoms with E-state index in [1.807, 2.05) is 33.3 Å². The molecule has 0 aliphatic heterocycles. The maximum Gasteiger partial charge on any atom is 0.306 e. The highest BCUT2D eigenvalue weighted by Crippen LogP contribution is 2.38. The largest absolute Gasteiger partial charge is 0.756 e. The molecule has 11 nitrogen and oxygen atoms in total. The number of ether oxygens (including phenoxy) is 2. The zero-order valence-corrected chi connectivity index (χ0v) is 37.2. The van der Waals surface area contributed by atoms with Gasteiger partial charge in [-0.2, -0.15) is 0 Å². The van der Waals surface area contributed by atoms with E-state index < -0.39 is 44.7 Å². The number of phosphoric ester groups is 1. The van der Waals surface area contributed by atoms with Gasteiger partial charge in [-0.3, -0.25) is 14.2 Å². The number of hydrogen-bond acceptors (Lipinski definition) is 10. The number of carbonyl (C=O) groups excluding carboxylic acids is 2. The summed E-state index contributed by atoms with van der Waals surface area (Å²) >= 11 is 0. The predicted octanol–water partition coefficient (Wildman–Crippen LogP) is 9.67. The number of rotatable bonds is 40. The van der Waals surface area contributed by atoms with Crippen molar-refractivity contribution in [2.24, 2.45) is 0 Å². The monoisotopic (exact) mass is 818 g/mol. The summed E-state index contributed by atoms with van der Waals surface area (Å²) in [5.74, 6) is -0.920. The van der Waals surface area contributed by atoms with E-state index in [1.165, 1.54) is 44.9 Å². The lowest BCUT2D eigenvalue weighted by atomic mass is 10.0. The van der Waals surface area contributed by atoms with Crippen molar-refractivity contribution < 1.29 is 52.3 Å². The lowest BCUT2D eigenvalue weighted by Crippen LogP contribution is -2.37. The van der Waals surface area contributed by atoms with Gasteiger partial charge in [0, 0.05) is 12.8 Å². The van der Waals surface area contributed by atoms with Crippen LogP contribution in [0.25, 0.3) is 0 Å². The third-order valence-electron chi connectivity index (χ3n) is 9.64. The molecule has 4 atom stereocenters. The number of allylic oxidation sites excluding steroid dienone is 3. The highest BCUT2D eigenvalue weighted by Gasteiger charge is 2.22. The quantitative estimate of drug-likeness (QED) is 0.0201. The van der Waals surface area contributed by atoms with Crippen molar-refractivity contribution in [3.8, 4) is 0 Å². The second-order valence-electron chi connectivity index (χ2n) is 16.4. The van der Waals surface area contributed by atoms with E-state index in [1.54, 1.807) is 0 Å². The number of unbranched alkanes of at least 4 members (excludes halogenated alkanes) is 18. The van der Waals surface area contributed by atoms with Crippen LogP contribution in [0.5, 0.6) is 0 Å². The summed E-state index contributed by atoms with van der Waals surface area (Å²) in [6, 6.07) is 0. The fraction of sp³-hybridized carbons (Fsp3) is 0.864. The molecule has 0 amide bonds. The van der Waals surface area contributed by atoms with Gasteiger partial charge in [-0.25, -0.2) is 0 Å². The summed E-state index contributed by atoms with van der Waals surface area (Å²) in [6.07, 6.45) is 31.1. The van der Waals surface area contributed by atoms with Crippen LogP contribution in [0.15, 0.2) is 24.3 Å². The first-order valence-corrected chi connectivity index (χ1v) is 23.7. The third-order valence-corrected chi connectivity index (χ3v) is 10.6. The van der Waals surface area contributed by atoms with Crippen molar-refractivity contribution in [1.82, 2.24) is 0 Å². The minimum atomic E-state index is -4.65. The summed E-state index contributed by atoms with van der Waals surface area (Å²) in [6.45, 7) is 3.96. The lowest BCUT2D eigenvalue weighted by molar-refractivity contribution is -0.870. The van der Waals surface area contributed by atoms with E-state index in [0.717, 1.165) is 83.5 Å². The Kier molecular flexibility index (Phi) is 35.5. The number of carbonyl (C=O) groups is 2. The van der Waals surface area contributed by atoms with Gasteiger partial charge in [0.2, 0.25) is 0 Å². The number of hydrogen-bond donors (Lipinski definition) is 2. The molecule has 330 valence electrons. The Balaban J connectivity index is 4.46. The van der Waals surface area contributed by atoms with Crippen molar-refractivity contribution in [2.75, 3.05) is 47.5 Å². The van der Waals surface area contributed by atoms with Crippen LogP contribution < -0.4 is 4.89 Å². The van der Waals surface area contributed by atoms with Crippen LogP contribution in [-0.2, 0) is 32.7 Å². The van der Waals surface area contributed by atoms with E-state index >= 15 is 0 Å². The first-order chi connectivity index (χ1) is 26.8. The minimum Gasteiger partial charge on any atom is -0.756 e. The molecule has 0 saturated carbocycles. The Hall–Kier alpha value is -1.59. The average molecular weight is 818 g/mol. The van der Waals surface area contributed by atoms with Gasteiger partial charge in [0.25, 0.3) is 7.82 Å². The number of aliphatic hydroxyl groups is 2. The van der Waals surface area contributed by atoms with E-state index in [9.17, 15) is 29.3 Å². The van der Waals surface area contributed by atoms with Crippen LogP contribution in [0, 0.1) is 0 Å². The summed E-state index contributed by atoms with van der Waals surface area (Å²) in [7, 11) is 1.09. The Morgan fingerprint density at radius 3 is 1.66 bits per heavy atom. The molecular weight excluding hydrogens is 733 g/mol. The van der Waals surface area contributed by atoms with Gasteiger partial charge in [0.15, 0.2) is 6.10 Å². The lowest BCUT2D eigenvalue weighted by Gasteiger charge is -2.28. The molecule has 0 spiro atoms. The molecule has 0 saturated heterocycles. The highest BCUT2D eigenvalue weighted by molar-refractivity contribution is 7.45. The summed E-state index contributed by atoms with van der Waals surface area (Å²) in [5.41, 5.74) is 0.